The Balaban J connectivity index is 1.56. The maximum atomic E-state index is 5.78. The molecule has 0 amide bonds. The largest absolute Gasteiger partial charge is 0.371 e. The van der Waals surface area contributed by atoms with Crippen LogP contribution in [0.25, 0.3) is 0 Å². The number of aromatic nitrogens is 1. The quantitative estimate of drug-likeness (QED) is 0.826. The van der Waals surface area contributed by atoms with E-state index < -0.39 is 0 Å². The van der Waals surface area contributed by atoms with Crippen LogP contribution in [0.2, 0.25) is 0 Å². The third-order valence-corrected chi connectivity index (χ3v) is 3.45. The highest BCUT2D eigenvalue weighted by Gasteiger charge is 2.23. The van der Waals surface area contributed by atoms with Crippen molar-refractivity contribution in [3.63, 3.8) is 0 Å². The van der Waals surface area contributed by atoms with Crippen molar-refractivity contribution in [3.05, 3.63) is 53.4 Å². The van der Waals surface area contributed by atoms with Crippen molar-refractivity contribution >= 4 is 0 Å². The molecular formula is C15H17NO2. The van der Waals surface area contributed by atoms with Crippen LogP contribution in [0.4, 0.5) is 0 Å². The van der Waals surface area contributed by atoms with Gasteiger partial charge in [0.25, 0.3) is 0 Å². The van der Waals surface area contributed by atoms with E-state index in [1.54, 1.807) is 6.26 Å². The van der Waals surface area contributed by atoms with Gasteiger partial charge in [-0.25, -0.2) is 0 Å². The van der Waals surface area contributed by atoms with Crippen LogP contribution in [0.5, 0.6) is 0 Å². The molecule has 94 valence electrons. The number of ether oxygens (including phenoxy) is 1. The summed E-state index contributed by atoms with van der Waals surface area (Å²) >= 11 is 0. The SMILES string of the molecule is c1ccc(CCCC2OCCc3conc32)cc1. The first-order valence-corrected chi connectivity index (χ1v) is 6.52. The Morgan fingerprint density at radius 1 is 1.22 bits per heavy atom. The Hall–Kier alpha value is -1.61. The second-order valence-electron chi connectivity index (χ2n) is 4.71. The molecule has 3 heteroatoms. The predicted molar refractivity (Wildman–Crippen MR) is 68.3 cm³/mol. The lowest BCUT2D eigenvalue weighted by Crippen LogP contribution is -2.15. The summed E-state index contributed by atoms with van der Waals surface area (Å²) in [6.07, 6.45) is 6.01. The molecule has 0 fully saturated rings. The van der Waals surface area contributed by atoms with Crippen molar-refractivity contribution in [2.45, 2.75) is 31.8 Å². The minimum Gasteiger partial charge on any atom is -0.371 e. The van der Waals surface area contributed by atoms with E-state index in [0.29, 0.717) is 0 Å². The van der Waals surface area contributed by atoms with Crippen molar-refractivity contribution in [2.75, 3.05) is 6.61 Å². The molecule has 0 N–H and O–H groups in total. The summed E-state index contributed by atoms with van der Waals surface area (Å²) in [5, 5.41) is 4.06. The van der Waals surface area contributed by atoms with E-state index in [-0.39, 0.29) is 6.10 Å². The summed E-state index contributed by atoms with van der Waals surface area (Å²) in [6.45, 7) is 0.782. The van der Waals surface area contributed by atoms with Gasteiger partial charge in [0.05, 0.1) is 6.61 Å². The molecule has 1 aromatic heterocycles. The highest BCUT2D eigenvalue weighted by atomic mass is 16.5. The third kappa shape index (κ3) is 2.46. The molecule has 3 rings (SSSR count). The molecule has 0 saturated heterocycles. The smallest absolute Gasteiger partial charge is 0.127 e. The number of hydrogen-bond donors (Lipinski definition) is 0. The first kappa shape index (κ1) is 11.5. The highest BCUT2D eigenvalue weighted by Crippen LogP contribution is 2.29. The topological polar surface area (TPSA) is 35.3 Å². The molecule has 3 nitrogen and oxygen atoms in total. The van der Waals surface area contributed by atoms with Gasteiger partial charge in [-0.2, -0.15) is 0 Å². The molecule has 1 aliphatic rings. The lowest BCUT2D eigenvalue weighted by Gasteiger charge is -2.21. The number of hydrogen-bond acceptors (Lipinski definition) is 3. The zero-order valence-corrected chi connectivity index (χ0v) is 10.3. The lowest BCUT2D eigenvalue weighted by atomic mass is 10.00. The summed E-state index contributed by atoms with van der Waals surface area (Å²) in [5.74, 6) is 0. The normalized spacial score (nSPS) is 18.6. The molecule has 0 aliphatic carbocycles. The zero-order chi connectivity index (χ0) is 12.2. The number of nitrogens with zero attached hydrogens (tertiary/aromatic N) is 1. The van der Waals surface area contributed by atoms with Crippen molar-refractivity contribution in [1.82, 2.24) is 5.16 Å². The number of rotatable bonds is 4. The van der Waals surface area contributed by atoms with Crippen molar-refractivity contribution in [3.8, 4) is 0 Å². The predicted octanol–water partition coefficient (Wildman–Crippen LogP) is 3.31. The lowest BCUT2D eigenvalue weighted by molar-refractivity contribution is 0.0312. The summed E-state index contributed by atoms with van der Waals surface area (Å²) < 4.78 is 10.8. The Bertz CT molecular complexity index is 492. The fraction of sp³-hybridized carbons (Fsp3) is 0.400. The molecule has 1 aliphatic heterocycles. The molecule has 0 spiro atoms. The first-order chi connectivity index (χ1) is 8.93. The van der Waals surface area contributed by atoms with Gasteiger partial charge in [-0.05, 0) is 24.8 Å². The molecule has 1 unspecified atom stereocenters. The van der Waals surface area contributed by atoms with Crippen LogP contribution in [-0.2, 0) is 17.6 Å². The van der Waals surface area contributed by atoms with Gasteiger partial charge >= 0.3 is 0 Å². The van der Waals surface area contributed by atoms with Gasteiger partial charge in [0, 0.05) is 12.0 Å². The van der Waals surface area contributed by atoms with Crippen LogP contribution in [-0.4, -0.2) is 11.8 Å². The number of benzene rings is 1. The maximum absolute atomic E-state index is 5.78. The number of fused-ring (bicyclic) bond motifs is 1. The molecule has 0 saturated carbocycles. The van der Waals surface area contributed by atoms with E-state index in [4.69, 9.17) is 9.26 Å². The van der Waals surface area contributed by atoms with Crippen LogP contribution < -0.4 is 0 Å². The molecule has 2 heterocycles. The van der Waals surface area contributed by atoms with Gasteiger partial charge in [-0.3, -0.25) is 0 Å². The van der Waals surface area contributed by atoms with Crippen LogP contribution >= 0.6 is 0 Å². The third-order valence-electron chi connectivity index (χ3n) is 3.45. The maximum Gasteiger partial charge on any atom is 0.127 e. The molecule has 0 bridgehead atoms. The fourth-order valence-electron chi connectivity index (χ4n) is 2.46. The summed E-state index contributed by atoms with van der Waals surface area (Å²) in [7, 11) is 0. The van der Waals surface area contributed by atoms with E-state index in [2.05, 4.69) is 35.5 Å². The molecule has 1 atom stereocenters. The molecular weight excluding hydrogens is 226 g/mol. The van der Waals surface area contributed by atoms with Gasteiger partial charge in [0.2, 0.25) is 0 Å². The monoisotopic (exact) mass is 243 g/mol. The standard InChI is InChI=1S/C15H17NO2/c1-2-5-12(6-3-1)7-4-8-14-15-13(9-10-17-14)11-18-16-15/h1-3,5-6,11,14H,4,7-10H2. The van der Waals surface area contributed by atoms with Gasteiger partial charge in [0.15, 0.2) is 0 Å². The second kappa shape index (κ2) is 5.36. The molecule has 2 aromatic rings. The second-order valence-corrected chi connectivity index (χ2v) is 4.71. The van der Waals surface area contributed by atoms with Gasteiger partial charge in [-0.1, -0.05) is 35.5 Å². The van der Waals surface area contributed by atoms with E-state index in [9.17, 15) is 0 Å². The first-order valence-electron chi connectivity index (χ1n) is 6.52. The minimum absolute atomic E-state index is 0.121. The van der Waals surface area contributed by atoms with Crippen LogP contribution in [0.3, 0.4) is 0 Å². The van der Waals surface area contributed by atoms with Gasteiger partial charge < -0.3 is 9.26 Å². The summed E-state index contributed by atoms with van der Waals surface area (Å²) in [6, 6.07) is 10.6. The van der Waals surface area contributed by atoms with E-state index in [1.807, 2.05) is 0 Å². The average molecular weight is 243 g/mol. The Labute approximate surface area is 107 Å². The highest BCUT2D eigenvalue weighted by molar-refractivity contribution is 5.20. The van der Waals surface area contributed by atoms with E-state index in [1.165, 1.54) is 11.1 Å². The van der Waals surface area contributed by atoms with Crippen molar-refractivity contribution in [1.29, 1.82) is 0 Å². The Morgan fingerprint density at radius 3 is 3.00 bits per heavy atom. The van der Waals surface area contributed by atoms with Crippen molar-refractivity contribution < 1.29 is 9.26 Å². The summed E-state index contributed by atoms with van der Waals surface area (Å²) in [4.78, 5) is 0. The van der Waals surface area contributed by atoms with Gasteiger partial charge in [-0.15, -0.1) is 0 Å². The molecule has 0 radical (unpaired) electrons. The van der Waals surface area contributed by atoms with Crippen LogP contribution in [0.15, 0.2) is 41.1 Å². The van der Waals surface area contributed by atoms with E-state index >= 15 is 0 Å². The van der Waals surface area contributed by atoms with Crippen LogP contribution in [0, 0.1) is 0 Å². The minimum atomic E-state index is 0.121. The Kier molecular flexibility index (Phi) is 3.42. The average Bonchev–Trinajstić information content (AvgIpc) is 2.89. The molecule has 18 heavy (non-hydrogen) atoms. The van der Waals surface area contributed by atoms with Crippen LogP contribution in [0.1, 0.15) is 35.8 Å². The fourth-order valence-corrected chi connectivity index (χ4v) is 2.46. The summed E-state index contributed by atoms with van der Waals surface area (Å²) in [5.41, 5.74) is 3.61. The number of aryl methyl sites for hydroxylation is 1. The van der Waals surface area contributed by atoms with E-state index in [0.717, 1.165) is 38.0 Å². The zero-order valence-electron chi connectivity index (χ0n) is 10.3. The Morgan fingerprint density at radius 2 is 2.11 bits per heavy atom. The van der Waals surface area contributed by atoms with Crippen molar-refractivity contribution in [2.24, 2.45) is 0 Å². The van der Waals surface area contributed by atoms with Gasteiger partial charge in [0.1, 0.15) is 18.1 Å². The molecule has 1 aromatic carbocycles.